The van der Waals surface area contributed by atoms with E-state index in [-0.39, 0.29) is 29.9 Å². The highest BCUT2D eigenvalue weighted by atomic mass is 32.2. The van der Waals surface area contributed by atoms with Gasteiger partial charge in [-0.2, -0.15) is 13.0 Å². The number of allylic oxidation sites excluding steroid dienone is 8. The van der Waals surface area contributed by atoms with Crippen molar-refractivity contribution in [2.45, 2.75) is 123 Å². The highest BCUT2D eigenvalue weighted by Crippen LogP contribution is 2.50. The Bertz CT molecular complexity index is 2940. The second kappa shape index (κ2) is 21.6. The lowest BCUT2D eigenvalue weighted by atomic mass is 9.78. The maximum atomic E-state index is 12.9. The Hall–Kier alpha value is -6.24. The van der Waals surface area contributed by atoms with E-state index in [0.717, 1.165) is 102 Å². The number of rotatable bonds is 20. The molecule has 3 aliphatic heterocycles. The minimum absolute atomic E-state index is 0.186. The molecule has 1 aliphatic carbocycles. The van der Waals surface area contributed by atoms with Crippen LogP contribution in [0.15, 0.2) is 144 Å². The molecule has 4 aliphatic rings. The summed E-state index contributed by atoms with van der Waals surface area (Å²) in [5.74, 6) is 0.579. The Morgan fingerprint density at radius 2 is 1.61 bits per heavy atom. The molecule has 4 aromatic carbocycles. The van der Waals surface area contributed by atoms with Gasteiger partial charge >= 0.3 is 5.97 Å². The summed E-state index contributed by atoms with van der Waals surface area (Å²) >= 11 is 0. The summed E-state index contributed by atoms with van der Waals surface area (Å²) in [5.41, 5.74) is 9.93. The predicted octanol–water partition coefficient (Wildman–Crippen LogP) is 12.6. The minimum Gasteiger partial charge on any atom is -0.457 e. The Balaban J connectivity index is 1.16. The highest BCUT2D eigenvalue weighted by molar-refractivity contribution is 7.85. The van der Waals surface area contributed by atoms with Crippen LogP contribution in [0.2, 0.25) is 0 Å². The lowest BCUT2D eigenvalue weighted by molar-refractivity contribution is -0.438. The number of amides is 1. The van der Waals surface area contributed by atoms with Crippen molar-refractivity contribution in [3.05, 3.63) is 155 Å². The number of hydrogen-bond acceptors (Lipinski definition) is 8. The standard InChI is InChI=1S/C59H70N4O7S/c1-8-36-60(37-9-2)46-30-32-50-49(41-46)58(4,5)52(61(50)39-18-40-71(66,67)68)33-28-44-20-17-21-45(57(44)69-47-22-11-10-12-23-47)29-34-53-59(6,7)56-48-24-14-13-19-43(48)27-31-51(56)62(53)38-16-15-25-55(65)70-63-42(3)26-35-54(63)64/h10-14,19,22-24,27-34,41H,3,8-9,15-18,20-21,25-26,35-40H2,1-2,4-7H3/p+1. The van der Waals surface area contributed by atoms with Crippen molar-refractivity contribution >= 4 is 55.5 Å². The smallest absolute Gasteiger partial charge is 0.333 e. The third-order valence-electron chi connectivity index (χ3n) is 14.4. The van der Waals surface area contributed by atoms with E-state index in [4.69, 9.17) is 9.57 Å². The van der Waals surface area contributed by atoms with E-state index < -0.39 is 21.5 Å². The van der Waals surface area contributed by atoms with E-state index in [1.54, 1.807) is 0 Å². The predicted molar refractivity (Wildman–Crippen MR) is 286 cm³/mol. The van der Waals surface area contributed by atoms with Crippen molar-refractivity contribution in [1.29, 1.82) is 0 Å². The molecule has 1 saturated heterocycles. The van der Waals surface area contributed by atoms with Crippen LogP contribution in [0.3, 0.4) is 0 Å². The maximum absolute atomic E-state index is 12.9. The Kier molecular flexibility index (Phi) is 15.6. The molecule has 0 unspecified atom stereocenters. The van der Waals surface area contributed by atoms with Crippen LogP contribution in [0.1, 0.15) is 123 Å². The minimum atomic E-state index is -4.14. The zero-order chi connectivity index (χ0) is 50.5. The first-order chi connectivity index (χ1) is 34.0. The number of carbonyl (C=O) groups is 2. The van der Waals surface area contributed by atoms with Gasteiger partial charge in [0.1, 0.15) is 18.1 Å². The Morgan fingerprint density at radius 3 is 2.32 bits per heavy atom. The van der Waals surface area contributed by atoms with Gasteiger partial charge in [0.25, 0.3) is 16.0 Å². The van der Waals surface area contributed by atoms with Gasteiger partial charge in [0, 0.05) is 79.1 Å². The first kappa shape index (κ1) is 51.1. The van der Waals surface area contributed by atoms with Gasteiger partial charge in [0.15, 0.2) is 5.71 Å². The van der Waals surface area contributed by atoms with Gasteiger partial charge in [-0.1, -0.05) is 82.8 Å². The molecule has 11 nitrogen and oxygen atoms in total. The van der Waals surface area contributed by atoms with Crippen LogP contribution in [-0.2, 0) is 35.4 Å². The average molecular weight is 980 g/mol. The fraction of sp³-hybridized carbons (Fsp3) is 0.407. The second-order valence-corrected chi connectivity index (χ2v) is 21.9. The topological polar surface area (TPSA) is 120 Å². The summed E-state index contributed by atoms with van der Waals surface area (Å²) in [5, 5.41) is 3.45. The molecular weight excluding hydrogens is 909 g/mol. The molecule has 8 rings (SSSR count). The summed E-state index contributed by atoms with van der Waals surface area (Å²) in [4.78, 5) is 35.2. The molecule has 71 heavy (non-hydrogen) atoms. The first-order valence-electron chi connectivity index (χ1n) is 25.6. The molecule has 0 bridgehead atoms. The summed E-state index contributed by atoms with van der Waals surface area (Å²) in [7, 11) is -4.14. The third-order valence-corrected chi connectivity index (χ3v) is 15.2. The van der Waals surface area contributed by atoms with Crippen molar-refractivity contribution in [1.82, 2.24) is 5.06 Å². The lowest BCUT2D eigenvalue weighted by Crippen LogP contribution is -2.28. The number of hydroxylamine groups is 2. The number of hydrogen-bond donors (Lipinski definition) is 1. The quantitative estimate of drug-likeness (QED) is 0.0524. The normalized spacial score (nSPS) is 18.7. The van der Waals surface area contributed by atoms with Gasteiger partial charge in [-0.05, 0) is 141 Å². The summed E-state index contributed by atoms with van der Waals surface area (Å²) in [6.07, 6.45) is 16.1. The Morgan fingerprint density at radius 1 is 0.859 bits per heavy atom. The zero-order valence-electron chi connectivity index (χ0n) is 42.5. The van der Waals surface area contributed by atoms with Gasteiger partial charge < -0.3 is 19.4 Å². The average Bonchev–Trinajstić information content (AvgIpc) is 3.86. The van der Waals surface area contributed by atoms with Crippen LogP contribution in [0.4, 0.5) is 17.1 Å². The van der Waals surface area contributed by atoms with Crippen molar-refractivity contribution < 1.29 is 36.7 Å². The molecule has 0 atom stereocenters. The number of benzene rings is 4. The van der Waals surface area contributed by atoms with Crippen LogP contribution >= 0.6 is 0 Å². The van der Waals surface area contributed by atoms with Gasteiger partial charge in [-0.3, -0.25) is 9.35 Å². The van der Waals surface area contributed by atoms with Crippen LogP contribution in [0.25, 0.3) is 10.8 Å². The van der Waals surface area contributed by atoms with Crippen LogP contribution in [0.5, 0.6) is 5.75 Å². The number of para-hydroxylation sites is 1. The molecule has 0 aromatic heterocycles. The molecule has 12 heteroatoms. The van der Waals surface area contributed by atoms with E-state index in [0.29, 0.717) is 38.0 Å². The van der Waals surface area contributed by atoms with Gasteiger partial charge in [-0.15, -0.1) is 5.06 Å². The molecule has 0 saturated carbocycles. The fourth-order valence-corrected chi connectivity index (χ4v) is 11.4. The largest absolute Gasteiger partial charge is 0.457 e. The molecule has 3 heterocycles. The Labute approximate surface area is 421 Å². The van der Waals surface area contributed by atoms with Crippen molar-refractivity contribution in [3.63, 3.8) is 0 Å². The van der Waals surface area contributed by atoms with Crippen molar-refractivity contribution in [3.8, 4) is 5.75 Å². The fourth-order valence-electron chi connectivity index (χ4n) is 10.9. The molecule has 374 valence electrons. The van der Waals surface area contributed by atoms with E-state index in [1.165, 1.54) is 27.6 Å². The number of ether oxygens (including phenoxy) is 1. The van der Waals surface area contributed by atoms with Gasteiger partial charge in [0.05, 0.1) is 16.9 Å². The number of nitrogens with zero attached hydrogens (tertiary/aromatic N) is 4. The number of anilines is 2. The molecule has 0 spiro atoms. The van der Waals surface area contributed by atoms with E-state index in [2.05, 4.69) is 141 Å². The van der Waals surface area contributed by atoms with E-state index in [1.807, 2.05) is 30.3 Å². The van der Waals surface area contributed by atoms with E-state index >= 15 is 0 Å². The molecule has 1 fully saturated rings. The number of carbonyl (C=O) groups excluding carboxylic acids is 2. The highest BCUT2D eigenvalue weighted by Gasteiger charge is 2.46. The van der Waals surface area contributed by atoms with Crippen LogP contribution in [0, 0.1) is 0 Å². The summed E-state index contributed by atoms with van der Waals surface area (Å²) in [6.45, 7) is 20.4. The van der Waals surface area contributed by atoms with Gasteiger partial charge in [-0.25, -0.2) is 4.79 Å². The molecule has 0 radical (unpaired) electrons. The maximum Gasteiger partial charge on any atom is 0.333 e. The third kappa shape index (κ3) is 11.1. The SMILES string of the molecule is C=C1CCC(=O)N1OC(=O)CCCC[N+]1=C(C=CC2=C(Oc3ccccc3)C(=CC=C3N(CCCS(=O)(=O)O)c4ccc(N(CCC)CCC)cc4C3(C)C)CCC2)C(C)(C)c2c1ccc1ccccc21. The molecule has 4 aromatic rings. The van der Waals surface area contributed by atoms with Crippen molar-refractivity contribution in [2.24, 2.45) is 0 Å². The monoisotopic (exact) mass is 980 g/mol. The summed E-state index contributed by atoms with van der Waals surface area (Å²) in [6, 6.07) is 29.6. The summed E-state index contributed by atoms with van der Waals surface area (Å²) < 4.78 is 43.0. The molecular formula is C59H71N4O7S+. The lowest BCUT2D eigenvalue weighted by Gasteiger charge is -2.27. The molecule has 1 amide bonds. The number of unbranched alkanes of at least 4 members (excludes halogenated alkanes) is 1. The van der Waals surface area contributed by atoms with E-state index in [9.17, 15) is 22.6 Å². The first-order valence-corrected chi connectivity index (χ1v) is 27.2. The molecule has 1 N–H and O–H groups in total. The zero-order valence-corrected chi connectivity index (χ0v) is 43.3. The second-order valence-electron chi connectivity index (χ2n) is 20.3. The van der Waals surface area contributed by atoms with Crippen LogP contribution < -0.4 is 14.5 Å². The number of fused-ring (bicyclic) bond motifs is 4. The van der Waals surface area contributed by atoms with Crippen LogP contribution in [-0.4, -0.2) is 72.1 Å². The van der Waals surface area contributed by atoms with Crippen molar-refractivity contribution in [2.75, 3.05) is 41.7 Å². The van der Waals surface area contributed by atoms with Gasteiger partial charge in [0.2, 0.25) is 5.69 Å².